The molecule has 1 aliphatic rings. The van der Waals surface area contributed by atoms with Crippen molar-refractivity contribution in [1.82, 2.24) is 0 Å². The van der Waals surface area contributed by atoms with E-state index >= 15 is 0 Å². The van der Waals surface area contributed by atoms with Crippen LogP contribution in [0.5, 0.6) is 0 Å². The maximum absolute atomic E-state index is 12.1. The Labute approximate surface area is 152 Å². The van der Waals surface area contributed by atoms with Crippen molar-refractivity contribution in [3.63, 3.8) is 0 Å². The number of fused-ring (bicyclic) bond motifs is 1. The van der Waals surface area contributed by atoms with Gasteiger partial charge in [-0.3, -0.25) is 4.79 Å². The van der Waals surface area contributed by atoms with Gasteiger partial charge in [0.05, 0.1) is 11.5 Å². The van der Waals surface area contributed by atoms with E-state index in [1.54, 1.807) is 24.3 Å². The lowest BCUT2D eigenvalue weighted by molar-refractivity contribution is -0.113. The third kappa shape index (κ3) is 5.32. The van der Waals surface area contributed by atoms with Crippen LogP contribution >= 0.6 is 11.8 Å². The Hall–Kier alpha value is -1.83. The molecule has 1 amide bonds. The van der Waals surface area contributed by atoms with Crippen molar-refractivity contribution in [3.8, 4) is 0 Å². The summed E-state index contributed by atoms with van der Waals surface area (Å²) in [6.07, 6.45) is 3.49. The van der Waals surface area contributed by atoms with Gasteiger partial charge in [-0.2, -0.15) is 0 Å². The Kier molecular flexibility index (Phi) is 5.46. The van der Waals surface area contributed by atoms with Crippen LogP contribution in [0.25, 0.3) is 0 Å². The highest BCUT2D eigenvalue weighted by Crippen LogP contribution is 2.27. The minimum absolute atomic E-state index is 0.0929. The first-order valence-electron chi connectivity index (χ1n) is 8.03. The molecule has 7 heteroatoms. The quantitative estimate of drug-likeness (QED) is 0.759. The molecule has 0 heterocycles. The highest BCUT2D eigenvalue weighted by atomic mass is 32.2. The van der Waals surface area contributed by atoms with Crippen LogP contribution in [0, 0.1) is 0 Å². The summed E-state index contributed by atoms with van der Waals surface area (Å²) in [6.45, 7) is 0. The zero-order valence-corrected chi connectivity index (χ0v) is 15.3. The number of nitrogens with one attached hydrogen (secondary N) is 1. The Balaban J connectivity index is 1.52. The van der Waals surface area contributed by atoms with E-state index in [9.17, 15) is 13.2 Å². The molecule has 1 aliphatic carbocycles. The molecule has 0 fully saturated rings. The van der Waals surface area contributed by atoms with Gasteiger partial charge in [-0.25, -0.2) is 13.6 Å². The monoisotopic (exact) mass is 376 g/mol. The molecule has 0 aliphatic heterocycles. The largest absolute Gasteiger partial charge is 0.325 e. The fraction of sp³-hybridized carbons (Fsp3) is 0.278. The summed E-state index contributed by atoms with van der Waals surface area (Å²) in [6, 6.07) is 13.1. The summed E-state index contributed by atoms with van der Waals surface area (Å²) in [5.74, 6) is 0.0253. The molecule has 0 atom stereocenters. The number of carbonyl (C=O) groups is 1. The molecule has 0 saturated heterocycles. The number of amides is 1. The highest BCUT2D eigenvalue weighted by Gasteiger charge is 2.12. The van der Waals surface area contributed by atoms with Crippen LogP contribution in [0.4, 0.5) is 5.69 Å². The summed E-state index contributed by atoms with van der Waals surface area (Å²) in [4.78, 5) is 13.2. The van der Waals surface area contributed by atoms with Crippen molar-refractivity contribution < 1.29 is 13.2 Å². The van der Waals surface area contributed by atoms with Gasteiger partial charge in [-0.15, -0.1) is 11.8 Å². The van der Waals surface area contributed by atoms with Crippen molar-refractivity contribution in [3.05, 3.63) is 59.2 Å². The number of thioether (sulfide) groups is 1. The SMILES string of the molecule is NS(=O)(=O)Cc1ccc(NC(=O)CSc2ccc3c(c2)CCC3)cc1. The fourth-order valence-electron chi connectivity index (χ4n) is 2.90. The molecule has 0 aromatic heterocycles. The van der Waals surface area contributed by atoms with Crippen molar-refractivity contribution in [2.75, 3.05) is 11.1 Å². The lowest BCUT2D eigenvalue weighted by atomic mass is 10.1. The van der Waals surface area contributed by atoms with E-state index < -0.39 is 10.0 Å². The van der Waals surface area contributed by atoms with E-state index in [0.717, 1.165) is 17.7 Å². The number of benzene rings is 2. The van der Waals surface area contributed by atoms with E-state index in [4.69, 9.17) is 5.14 Å². The summed E-state index contributed by atoms with van der Waals surface area (Å²) in [5.41, 5.74) is 4.05. The predicted molar refractivity (Wildman–Crippen MR) is 101 cm³/mol. The number of primary sulfonamides is 1. The van der Waals surface area contributed by atoms with Crippen LogP contribution in [0.15, 0.2) is 47.4 Å². The number of nitrogens with two attached hydrogens (primary N) is 1. The van der Waals surface area contributed by atoms with Crippen LogP contribution in [0.3, 0.4) is 0 Å². The summed E-state index contributed by atoms with van der Waals surface area (Å²) < 4.78 is 22.1. The number of aryl methyl sites for hydroxylation is 2. The highest BCUT2D eigenvalue weighted by molar-refractivity contribution is 8.00. The van der Waals surface area contributed by atoms with E-state index in [2.05, 4.69) is 23.5 Å². The minimum atomic E-state index is -3.55. The van der Waals surface area contributed by atoms with E-state index in [-0.39, 0.29) is 11.7 Å². The maximum Gasteiger partial charge on any atom is 0.234 e. The molecule has 0 spiro atoms. The van der Waals surface area contributed by atoms with Gasteiger partial charge in [0, 0.05) is 10.6 Å². The van der Waals surface area contributed by atoms with E-state index in [0.29, 0.717) is 17.0 Å². The summed E-state index contributed by atoms with van der Waals surface area (Å²) in [5, 5.41) is 7.83. The van der Waals surface area contributed by atoms with E-state index in [1.807, 2.05) is 0 Å². The first-order valence-corrected chi connectivity index (χ1v) is 10.7. The number of hydrogen-bond donors (Lipinski definition) is 2. The van der Waals surface area contributed by atoms with Crippen molar-refractivity contribution in [2.45, 2.75) is 29.9 Å². The standard InChI is InChI=1S/C18H20N2O3S2/c19-25(22,23)12-13-4-7-16(8-5-13)20-18(21)11-24-17-9-6-14-2-1-3-15(14)10-17/h4-10H,1-3,11-12H2,(H,20,21)(H2,19,22,23). The third-order valence-electron chi connectivity index (χ3n) is 4.05. The van der Waals surface area contributed by atoms with Crippen LogP contribution in [0.1, 0.15) is 23.1 Å². The number of rotatable bonds is 6. The molecule has 2 aromatic rings. The van der Waals surface area contributed by atoms with Crippen molar-refractivity contribution >= 4 is 33.4 Å². The Morgan fingerprint density at radius 1 is 1.08 bits per heavy atom. The molecule has 2 aromatic carbocycles. The number of anilines is 1. The molecule has 5 nitrogen and oxygen atoms in total. The molecule has 0 bridgehead atoms. The van der Waals surface area contributed by atoms with Gasteiger partial charge < -0.3 is 5.32 Å². The molecule has 0 unspecified atom stereocenters. The van der Waals surface area contributed by atoms with Crippen LogP contribution in [-0.2, 0) is 33.4 Å². The molecule has 0 saturated carbocycles. The van der Waals surface area contributed by atoms with Crippen LogP contribution < -0.4 is 10.5 Å². The van der Waals surface area contributed by atoms with Gasteiger partial charge in [-0.05, 0) is 60.2 Å². The van der Waals surface area contributed by atoms with E-state index in [1.165, 1.54) is 29.3 Å². The molecule has 3 N–H and O–H groups in total. The van der Waals surface area contributed by atoms with Gasteiger partial charge in [-0.1, -0.05) is 18.2 Å². The predicted octanol–water partition coefficient (Wildman–Crippen LogP) is 2.69. The Bertz CT molecular complexity index is 878. The zero-order valence-electron chi connectivity index (χ0n) is 13.7. The molecule has 132 valence electrons. The molecule has 3 rings (SSSR count). The average molecular weight is 377 g/mol. The van der Waals surface area contributed by atoms with Crippen LogP contribution in [-0.4, -0.2) is 20.1 Å². The lowest BCUT2D eigenvalue weighted by Gasteiger charge is -2.07. The second-order valence-corrected chi connectivity index (χ2v) is 8.79. The molecular weight excluding hydrogens is 356 g/mol. The number of carbonyl (C=O) groups excluding carboxylic acids is 1. The van der Waals surface area contributed by atoms with Gasteiger partial charge in [0.15, 0.2) is 0 Å². The van der Waals surface area contributed by atoms with Gasteiger partial charge in [0.2, 0.25) is 15.9 Å². The smallest absolute Gasteiger partial charge is 0.234 e. The summed E-state index contributed by atoms with van der Waals surface area (Å²) in [7, 11) is -3.55. The average Bonchev–Trinajstić information content (AvgIpc) is 3.01. The van der Waals surface area contributed by atoms with Gasteiger partial charge in [0.25, 0.3) is 0 Å². The fourth-order valence-corrected chi connectivity index (χ4v) is 4.32. The second-order valence-electron chi connectivity index (χ2n) is 6.13. The Morgan fingerprint density at radius 3 is 2.52 bits per heavy atom. The molecule has 25 heavy (non-hydrogen) atoms. The van der Waals surface area contributed by atoms with Crippen molar-refractivity contribution in [2.24, 2.45) is 5.14 Å². The second kappa shape index (κ2) is 7.59. The zero-order chi connectivity index (χ0) is 17.9. The molecular formula is C18H20N2O3S2. The third-order valence-corrected chi connectivity index (χ3v) is 5.77. The molecule has 0 radical (unpaired) electrons. The van der Waals surface area contributed by atoms with Gasteiger partial charge >= 0.3 is 0 Å². The van der Waals surface area contributed by atoms with Gasteiger partial charge in [0.1, 0.15) is 0 Å². The number of sulfonamides is 1. The first kappa shape index (κ1) is 18.0. The Morgan fingerprint density at radius 2 is 1.80 bits per heavy atom. The topological polar surface area (TPSA) is 89.3 Å². The normalized spacial score (nSPS) is 13.5. The minimum Gasteiger partial charge on any atom is -0.325 e. The van der Waals surface area contributed by atoms with Crippen molar-refractivity contribution in [1.29, 1.82) is 0 Å². The van der Waals surface area contributed by atoms with Crippen LogP contribution in [0.2, 0.25) is 0 Å². The lowest BCUT2D eigenvalue weighted by Crippen LogP contribution is -2.15. The summed E-state index contributed by atoms with van der Waals surface area (Å²) >= 11 is 1.52. The number of hydrogen-bond acceptors (Lipinski definition) is 4. The first-order chi connectivity index (χ1) is 11.9. The maximum atomic E-state index is 12.1.